The number of oxime groups is 1. The summed E-state index contributed by atoms with van der Waals surface area (Å²) < 4.78 is 10.3. The van der Waals surface area contributed by atoms with Gasteiger partial charge in [0.2, 0.25) is 11.5 Å². The first kappa shape index (κ1) is 32.9. The maximum atomic E-state index is 14.2. The van der Waals surface area contributed by atoms with Crippen LogP contribution < -0.4 is 11.1 Å². The number of nitrogens with two attached hydrogens (primary N) is 1. The fourth-order valence-corrected chi connectivity index (χ4v) is 7.39. The molecule has 0 spiro atoms. The van der Waals surface area contributed by atoms with Gasteiger partial charge in [-0.3, -0.25) is 19.5 Å². The number of ether oxygens (including phenoxy) is 1. The Hall–Kier alpha value is -4.99. The van der Waals surface area contributed by atoms with Crippen LogP contribution in [-0.2, 0) is 24.0 Å². The summed E-state index contributed by atoms with van der Waals surface area (Å²) in [4.78, 5) is 56.9. The molecular weight excluding hydrogens is 671 g/mol. The Kier molecular flexibility index (Phi) is 10.5. The Morgan fingerprint density at radius 2 is 1.85 bits per heavy atom. The largest absolute Gasteiger partial charge is 0.448 e. The lowest BCUT2D eigenvalue weighted by molar-refractivity contribution is -0.154. The number of aromatic nitrogens is 3. The molecule has 4 heterocycles. The molecule has 244 valence electrons. The van der Waals surface area contributed by atoms with Gasteiger partial charge in [-0.05, 0) is 47.2 Å². The molecule has 1 saturated heterocycles. The van der Waals surface area contributed by atoms with Crippen LogP contribution in [0.4, 0.5) is 5.13 Å². The summed E-state index contributed by atoms with van der Waals surface area (Å²) in [7, 11) is 0. The average Bonchev–Trinajstić information content (AvgIpc) is 3.56. The van der Waals surface area contributed by atoms with Crippen LogP contribution in [0.25, 0.3) is 0 Å². The number of thioether (sulfide) groups is 2. The first-order chi connectivity index (χ1) is 23.4. The van der Waals surface area contributed by atoms with Crippen molar-refractivity contribution in [3.8, 4) is 0 Å². The smallest absolute Gasteiger partial charge is 0.356 e. The fraction of sp³-hybridized carbons (Fsp3) is 0.182. The summed E-state index contributed by atoms with van der Waals surface area (Å²) in [5, 5.41) is 8.01. The highest BCUT2D eigenvalue weighted by atomic mass is 32.2. The highest BCUT2D eigenvalue weighted by Crippen LogP contribution is 2.42. The van der Waals surface area contributed by atoms with Gasteiger partial charge in [-0.25, -0.2) is 4.79 Å². The zero-order valence-electron chi connectivity index (χ0n) is 25.5. The van der Waals surface area contributed by atoms with E-state index >= 15 is 0 Å². The van der Waals surface area contributed by atoms with Crippen molar-refractivity contribution < 1.29 is 24.0 Å². The molecule has 2 aliphatic heterocycles. The molecule has 2 atom stereocenters. The van der Waals surface area contributed by atoms with E-state index in [2.05, 4.69) is 24.8 Å². The number of nitrogens with zero attached hydrogens (tertiary/aromatic N) is 5. The van der Waals surface area contributed by atoms with Crippen LogP contribution in [0, 0.1) is 0 Å². The Bertz CT molecular complexity index is 1830. The Labute approximate surface area is 288 Å². The standard InChI is InChI=1S/C33H29N7O5S3/c1-2-44-38-24(28-37-33(34)48-39-28)29(41)36-25-30(42)40-26(22(19-47-31(25)40)15-17-46-23-14-9-16-35-18-23)32(43)45-27(20-10-5-3-6-11-20)21-12-7-4-8-13-21/h3-18,25,27,31H,2,19H2,1H3,(H,36,41)(H2,34,37,39)/t25?,31-/m1/s1. The normalized spacial score (nSPS) is 17.7. The van der Waals surface area contributed by atoms with Gasteiger partial charge in [0.15, 0.2) is 11.2 Å². The van der Waals surface area contributed by atoms with E-state index in [0.29, 0.717) is 11.3 Å². The number of anilines is 1. The molecule has 0 saturated carbocycles. The molecule has 0 radical (unpaired) electrons. The van der Waals surface area contributed by atoms with Crippen LogP contribution in [0.3, 0.4) is 0 Å². The van der Waals surface area contributed by atoms with Gasteiger partial charge in [-0.15, -0.1) is 11.8 Å². The van der Waals surface area contributed by atoms with E-state index < -0.39 is 35.3 Å². The summed E-state index contributed by atoms with van der Waals surface area (Å²) in [6.45, 7) is 1.91. The number of β-lactam (4-membered cyclic amide) rings is 1. The number of allylic oxidation sites excluding steroid dienone is 1. The molecule has 2 amide bonds. The van der Waals surface area contributed by atoms with Crippen LogP contribution in [0.1, 0.15) is 30.0 Å². The number of benzene rings is 2. The number of carbonyl (C=O) groups excluding carboxylic acids is 3. The van der Waals surface area contributed by atoms with E-state index in [9.17, 15) is 14.4 Å². The van der Waals surface area contributed by atoms with E-state index in [1.165, 1.54) is 28.4 Å². The number of hydrogen-bond donors (Lipinski definition) is 2. The quantitative estimate of drug-likeness (QED) is 0.0702. The van der Waals surface area contributed by atoms with E-state index in [4.69, 9.17) is 15.3 Å². The molecule has 3 N–H and O–H groups in total. The summed E-state index contributed by atoms with van der Waals surface area (Å²) in [6, 6.07) is 21.6. The molecule has 0 bridgehead atoms. The maximum absolute atomic E-state index is 14.2. The predicted octanol–water partition coefficient (Wildman–Crippen LogP) is 4.55. The number of hydrogen-bond acceptors (Lipinski definition) is 13. The molecule has 1 unspecified atom stereocenters. The van der Waals surface area contributed by atoms with Gasteiger partial charge in [0.1, 0.15) is 23.7 Å². The second kappa shape index (κ2) is 15.3. The first-order valence-corrected chi connectivity index (χ1v) is 17.5. The van der Waals surface area contributed by atoms with Crippen LogP contribution in [0.15, 0.2) is 118 Å². The van der Waals surface area contributed by atoms with Gasteiger partial charge in [-0.1, -0.05) is 77.6 Å². The number of rotatable bonds is 12. The lowest BCUT2D eigenvalue weighted by Crippen LogP contribution is -2.71. The molecule has 1 fully saturated rings. The molecule has 2 aromatic heterocycles. The monoisotopic (exact) mass is 699 g/mol. The molecule has 15 heteroatoms. The van der Waals surface area contributed by atoms with E-state index in [-0.39, 0.29) is 29.0 Å². The second-order valence-corrected chi connectivity index (χ2v) is 13.1. The van der Waals surface area contributed by atoms with Crippen LogP contribution in [0.5, 0.6) is 0 Å². The minimum absolute atomic E-state index is 0.0149. The molecule has 48 heavy (non-hydrogen) atoms. The van der Waals surface area contributed by atoms with Crippen molar-refractivity contribution in [3.63, 3.8) is 0 Å². The zero-order valence-corrected chi connectivity index (χ0v) is 27.9. The van der Waals surface area contributed by atoms with Gasteiger partial charge in [-0.2, -0.15) is 9.36 Å². The van der Waals surface area contributed by atoms with Gasteiger partial charge in [0.25, 0.3) is 11.8 Å². The fourth-order valence-electron chi connectivity index (χ4n) is 4.97. The highest BCUT2D eigenvalue weighted by molar-refractivity contribution is 8.02. The van der Waals surface area contributed by atoms with Crippen molar-refractivity contribution in [2.45, 2.75) is 29.3 Å². The number of nitrogen functional groups attached to an aromatic ring is 1. The number of amides is 2. The van der Waals surface area contributed by atoms with Crippen molar-refractivity contribution in [1.29, 1.82) is 0 Å². The molecular formula is C33H29N7O5S3. The van der Waals surface area contributed by atoms with E-state index in [1.807, 2.05) is 84.3 Å². The third-order valence-electron chi connectivity index (χ3n) is 7.17. The van der Waals surface area contributed by atoms with E-state index in [0.717, 1.165) is 27.6 Å². The lowest BCUT2D eigenvalue weighted by Gasteiger charge is -2.49. The van der Waals surface area contributed by atoms with Gasteiger partial charge < -0.3 is 20.6 Å². The summed E-state index contributed by atoms with van der Waals surface area (Å²) >= 11 is 3.75. The third kappa shape index (κ3) is 7.27. The van der Waals surface area contributed by atoms with Crippen molar-refractivity contribution in [2.24, 2.45) is 5.16 Å². The molecule has 4 aromatic rings. The third-order valence-corrected chi connectivity index (χ3v) is 9.80. The van der Waals surface area contributed by atoms with Gasteiger partial charge in [0.05, 0.1) is 0 Å². The SMILES string of the molecule is CCON=C(C(=O)NC1C(=O)N2C(C(=O)OC(c3ccccc3)c3ccccc3)=C(C=CSc3cccnc3)CS[C@H]12)c1nsc(N)n1. The molecule has 0 aliphatic carbocycles. The average molecular weight is 700 g/mol. The van der Waals surface area contributed by atoms with Crippen molar-refractivity contribution >= 4 is 63.7 Å². The molecule has 6 rings (SSSR count). The first-order valence-electron chi connectivity index (χ1n) is 14.8. The number of pyridine rings is 1. The molecule has 12 nitrogen and oxygen atoms in total. The summed E-state index contributed by atoms with van der Waals surface area (Å²) in [6.07, 6.45) is 4.51. The van der Waals surface area contributed by atoms with Crippen LogP contribution in [-0.4, -0.2) is 66.5 Å². The Balaban J connectivity index is 1.29. The van der Waals surface area contributed by atoms with Crippen LogP contribution in [0.2, 0.25) is 0 Å². The number of esters is 1. The molecule has 2 aromatic carbocycles. The zero-order chi connectivity index (χ0) is 33.5. The number of carbonyl (C=O) groups is 3. The summed E-state index contributed by atoms with van der Waals surface area (Å²) in [5.74, 6) is -1.49. The van der Waals surface area contributed by atoms with Gasteiger partial charge >= 0.3 is 5.97 Å². The minimum atomic E-state index is -0.956. The number of fused-ring (bicyclic) bond motifs is 1. The highest BCUT2D eigenvalue weighted by Gasteiger charge is 2.54. The van der Waals surface area contributed by atoms with Crippen molar-refractivity contribution in [3.05, 3.63) is 125 Å². The number of nitrogens with one attached hydrogen (secondary N) is 1. The van der Waals surface area contributed by atoms with Crippen LogP contribution >= 0.6 is 35.1 Å². The predicted molar refractivity (Wildman–Crippen MR) is 185 cm³/mol. The lowest BCUT2D eigenvalue weighted by atomic mass is 10.0. The molecule has 2 aliphatic rings. The van der Waals surface area contributed by atoms with E-state index in [1.54, 1.807) is 19.3 Å². The second-order valence-electron chi connectivity index (χ2n) is 10.3. The maximum Gasteiger partial charge on any atom is 0.356 e. The van der Waals surface area contributed by atoms with Gasteiger partial charge in [0, 0.05) is 34.6 Å². The topological polar surface area (TPSA) is 162 Å². The van der Waals surface area contributed by atoms with Crippen molar-refractivity contribution in [1.82, 2.24) is 24.6 Å². The Morgan fingerprint density at radius 1 is 1.12 bits per heavy atom. The summed E-state index contributed by atoms with van der Waals surface area (Å²) in [5.41, 5.74) is 7.79. The Morgan fingerprint density at radius 3 is 2.48 bits per heavy atom. The minimum Gasteiger partial charge on any atom is -0.448 e. The van der Waals surface area contributed by atoms with Crippen molar-refractivity contribution in [2.75, 3.05) is 18.1 Å².